The topological polar surface area (TPSA) is 57.2 Å². The number of hydrogen-bond acceptors (Lipinski definition) is 2. The van der Waals surface area contributed by atoms with Crippen LogP contribution in [0.25, 0.3) is 5.43 Å². The molecule has 84 valence electrons. The summed E-state index contributed by atoms with van der Waals surface area (Å²) in [6, 6.07) is 0. The third-order valence-corrected chi connectivity index (χ3v) is 4.69. The van der Waals surface area contributed by atoms with Crippen molar-refractivity contribution < 1.29 is 56.4 Å². The van der Waals surface area contributed by atoms with Gasteiger partial charge in [-0.3, -0.25) is 10.1 Å². The van der Waals surface area contributed by atoms with Gasteiger partial charge >= 0.3 is 51.4 Å². The monoisotopic (exact) mass is 268 g/mol. The summed E-state index contributed by atoms with van der Waals surface area (Å²) in [7, 11) is 0. The van der Waals surface area contributed by atoms with E-state index >= 15 is 0 Å². The van der Waals surface area contributed by atoms with Crippen molar-refractivity contribution in [2.45, 2.75) is 48.9 Å². The molecule has 0 radical (unpaired) electrons. The van der Waals surface area contributed by atoms with Crippen molar-refractivity contribution in [1.82, 2.24) is 0 Å². The first-order valence-corrected chi connectivity index (χ1v) is 5.93. The molecule has 4 fully saturated rings. The van der Waals surface area contributed by atoms with E-state index in [0.717, 1.165) is 32.1 Å². The second-order valence-electron chi connectivity index (χ2n) is 5.67. The van der Waals surface area contributed by atoms with Crippen LogP contribution in [0.3, 0.4) is 0 Å². The van der Waals surface area contributed by atoms with Gasteiger partial charge in [0.25, 0.3) is 0 Å². The van der Waals surface area contributed by atoms with E-state index < -0.39 is 10.6 Å². The van der Waals surface area contributed by atoms with E-state index in [1.54, 1.807) is 0 Å². The summed E-state index contributed by atoms with van der Waals surface area (Å²) >= 11 is 6.52. The molecule has 4 bridgehead atoms. The number of halogens is 1. The Kier molecular flexibility index (Phi) is 3.68. The van der Waals surface area contributed by atoms with E-state index in [1.807, 2.05) is 0 Å². The Balaban J connectivity index is 0.000000963. The maximum absolute atomic E-state index is 10.6. The van der Waals surface area contributed by atoms with Crippen LogP contribution in [-0.2, 0) is 0 Å². The minimum Gasteiger partial charge on any atom is -0.372 e. The molecule has 4 aliphatic carbocycles. The van der Waals surface area contributed by atoms with Gasteiger partial charge in [0.15, 0.2) is 0 Å². The van der Waals surface area contributed by atoms with Gasteiger partial charge in [-0.05, 0) is 48.1 Å². The molecule has 0 aliphatic heterocycles. The first kappa shape index (κ1) is 13.6. The first-order valence-electron chi connectivity index (χ1n) is 5.55. The summed E-state index contributed by atoms with van der Waals surface area (Å²) in [5.41, 5.74) is 3.33. The van der Waals surface area contributed by atoms with Crippen molar-refractivity contribution >= 4 is 11.6 Å². The minimum absolute atomic E-state index is 0. The Morgan fingerprint density at radius 1 is 1.25 bits per heavy atom. The fourth-order valence-electron chi connectivity index (χ4n) is 4.39. The second-order valence-corrected chi connectivity index (χ2v) is 6.48. The third-order valence-electron chi connectivity index (χ3n) is 4.25. The van der Waals surface area contributed by atoms with E-state index in [1.165, 1.54) is 6.42 Å². The Bertz CT molecular complexity index is 312. The number of nitrogens with zero attached hydrogens (tertiary/aromatic N) is 2. The normalized spacial score (nSPS) is 48.6. The van der Waals surface area contributed by atoms with E-state index in [-0.39, 0.29) is 56.3 Å². The van der Waals surface area contributed by atoms with Gasteiger partial charge in [-0.15, -0.1) is 11.6 Å². The summed E-state index contributed by atoms with van der Waals surface area (Å²) < 4.78 is 0. The van der Waals surface area contributed by atoms with Crippen molar-refractivity contribution in [3.8, 4) is 0 Å². The molecule has 4 atom stereocenters. The molecule has 0 aromatic heterocycles. The summed E-state index contributed by atoms with van der Waals surface area (Å²) in [6.07, 6.45) is 5.79. The molecule has 2 unspecified atom stereocenters. The first-order chi connectivity index (χ1) is 6.99. The van der Waals surface area contributed by atoms with Crippen LogP contribution in [0, 0.1) is 22.0 Å². The number of rotatable bonds is 2. The average molecular weight is 269 g/mol. The van der Waals surface area contributed by atoms with Crippen molar-refractivity contribution in [3.63, 3.8) is 0 Å². The maximum Gasteiger partial charge on any atom is 1.00 e. The molecule has 0 aromatic carbocycles. The molecular weight excluding hydrogens is 255 g/mol. The summed E-state index contributed by atoms with van der Waals surface area (Å²) in [6.45, 7) is 0. The molecule has 16 heavy (non-hydrogen) atoms. The summed E-state index contributed by atoms with van der Waals surface area (Å²) in [5.74, 6) is 1.15. The standard InChI is InChI=1S/C10H14ClN2O2.K/c11-9-2-7-1-8(3-9)5-10(4-7,6-9)12-13(14)15;/h7-8H,1-6H2;/q-1;+1/t7-,8+,9?,10?;. The van der Waals surface area contributed by atoms with Crippen molar-refractivity contribution in [3.05, 3.63) is 15.5 Å². The van der Waals surface area contributed by atoms with E-state index in [4.69, 9.17) is 11.6 Å². The largest absolute Gasteiger partial charge is 1.00 e. The fraction of sp³-hybridized carbons (Fsp3) is 1.00. The van der Waals surface area contributed by atoms with Crippen LogP contribution in [-0.4, -0.2) is 15.4 Å². The molecule has 0 N–H and O–H groups in total. The number of nitro groups is 1. The van der Waals surface area contributed by atoms with Gasteiger partial charge in [-0.1, -0.05) is 12.8 Å². The molecule has 0 amide bonds. The summed E-state index contributed by atoms with van der Waals surface area (Å²) in [4.78, 5) is 10.4. The molecule has 4 nitrogen and oxygen atoms in total. The molecule has 4 saturated carbocycles. The predicted molar refractivity (Wildman–Crippen MR) is 56.4 cm³/mol. The van der Waals surface area contributed by atoms with Gasteiger partial charge in [-0.25, -0.2) is 0 Å². The van der Waals surface area contributed by atoms with Crippen LogP contribution in [0.4, 0.5) is 0 Å². The zero-order chi connectivity index (χ0) is 10.7. The van der Waals surface area contributed by atoms with Crippen molar-refractivity contribution in [2.24, 2.45) is 11.8 Å². The van der Waals surface area contributed by atoms with Crippen LogP contribution in [0.1, 0.15) is 38.5 Å². The van der Waals surface area contributed by atoms with Gasteiger partial charge in [0.05, 0.1) is 0 Å². The molecule has 4 rings (SSSR count). The van der Waals surface area contributed by atoms with Crippen LogP contribution in [0.15, 0.2) is 0 Å². The second kappa shape index (κ2) is 4.35. The van der Waals surface area contributed by atoms with Crippen LogP contribution in [0.5, 0.6) is 0 Å². The van der Waals surface area contributed by atoms with Gasteiger partial charge in [-0.2, -0.15) is 0 Å². The molecule has 0 aromatic rings. The van der Waals surface area contributed by atoms with E-state index in [0.29, 0.717) is 11.8 Å². The Labute approximate surface area is 142 Å². The van der Waals surface area contributed by atoms with Crippen LogP contribution in [0.2, 0.25) is 0 Å². The zero-order valence-electron chi connectivity index (χ0n) is 9.49. The van der Waals surface area contributed by atoms with Crippen LogP contribution >= 0.6 is 11.6 Å². The Hall–Kier alpha value is 1.13. The molecule has 6 heteroatoms. The molecular formula is C10H14ClKN2O2. The number of alkyl halides is 1. The smallest absolute Gasteiger partial charge is 0.372 e. The molecule has 0 heterocycles. The maximum atomic E-state index is 10.6. The quantitative estimate of drug-likeness (QED) is 0.304. The van der Waals surface area contributed by atoms with Crippen LogP contribution < -0.4 is 51.4 Å². The summed E-state index contributed by atoms with van der Waals surface area (Å²) in [5, 5.41) is 10.1. The zero-order valence-corrected chi connectivity index (χ0v) is 13.4. The third kappa shape index (κ3) is 2.31. The molecule has 4 aliphatic rings. The van der Waals surface area contributed by atoms with E-state index in [9.17, 15) is 10.1 Å². The van der Waals surface area contributed by atoms with E-state index in [2.05, 4.69) is 5.43 Å². The van der Waals surface area contributed by atoms with Gasteiger partial charge in [0, 0.05) is 4.87 Å². The van der Waals surface area contributed by atoms with Crippen molar-refractivity contribution in [1.29, 1.82) is 0 Å². The SMILES string of the molecule is O=[N+]([O-])[N-]C12C[C@@H]3C[C@@H](CC(Cl)(C3)C1)C2.[K+]. The fourth-order valence-corrected chi connectivity index (χ4v) is 5.08. The molecule has 0 saturated heterocycles. The van der Waals surface area contributed by atoms with Crippen molar-refractivity contribution in [2.75, 3.05) is 0 Å². The molecule has 0 spiro atoms. The Morgan fingerprint density at radius 2 is 1.81 bits per heavy atom. The predicted octanol–water partition coefficient (Wildman–Crippen LogP) is -0.114. The van der Waals surface area contributed by atoms with Gasteiger partial charge in [0.1, 0.15) is 0 Å². The Morgan fingerprint density at radius 3 is 2.25 bits per heavy atom. The average Bonchev–Trinajstić information content (AvgIpc) is 1.94. The number of hydrogen-bond donors (Lipinski definition) is 0. The van der Waals surface area contributed by atoms with Gasteiger partial charge in [0.2, 0.25) is 0 Å². The minimum atomic E-state index is -0.507. The van der Waals surface area contributed by atoms with Gasteiger partial charge < -0.3 is 5.43 Å².